The lowest BCUT2D eigenvalue weighted by atomic mass is 10.1. The molecule has 0 radical (unpaired) electrons. The summed E-state index contributed by atoms with van der Waals surface area (Å²) in [6.45, 7) is 0.333. The van der Waals surface area contributed by atoms with Gasteiger partial charge in [0, 0.05) is 14.2 Å². The molecule has 0 aromatic heterocycles. The van der Waals surface area contributed by atoms with Gasteiger partial charge < -0.3 is 18.9 Å². The maximum absolute atomic E-state index is 12.0. The largest absolute Gasteiger partial charge is 0.509 e. The van der Waals surface area contributed by atoms with Crippen LogP contribution in [0.15, 0.2) is 60.7 Å². The Morgan fingerprint density at radius 3 is 1.88 bits per heavy atom. The number of ether oxygens (including phenoxy) is 4. The van der Waals surface area contributed by atoms with Crippen LogP contribution in [-0.4, -0.2) is 33.6 Å². The summed E-state index contributed by atoms with van der Waals surface area (Å²) in [6.07, 6.45) is -1.60. The van der Waals surface area contributed by atoms with Gasteiger partial charge in [0.15, 0.2) is 6.10 Å². The van der Waals surface area contributed by atoms with Crippen LogP contribution >= 0.6 is 0 Å². The first-order chi connectivity index (χ1) is 11.7. The van der Waals surface area contributed by atoms with Gasteiger partial charge in [-0.1, -0.05) is 60.7 Å². The maximum atomic E-state index is 12.0. The molecule has 0 amide bonds. The van der Waals surface area contributed by atoms with E-state index in [0.717, 1.165) is 11.1 Å². The summed E-state index contributed by atoms with van der Waals surface area (Å²) in [4.78, 5) is 12.0. The van der Waals surface area contributed by atoms with Crippen LogP contribution in [0.25, 0.3) is 0 Å². The summed E-state index contributed by atoms with van der Waals surface area (Å²) >= 11 is 0. The summed E-state index contributed by atoms with van der Waals surface area (Å²) in [5.41, 5.74) is 1.78. The number of rotatable bonds is 8. The zero-order valence-electron chi connectivity index (χ0n) is 13.9. The van der Waals surface area contributed by atoms with Crippen molar-refractivity contribution in [1.82, 2.24) is 0 Å². The Morgan fingerprint density at radius 2 is 1.38 bits per heavy atom. The Balaban J connectivity index is 1.91. The number of hydrogen-bond acceptors (Lipinski definition) is 5. The summed E-state index contributed by atoms with van der Waals surface area (Å²) in [7, 11) is 3.13. The number of carbonyl (C=O) groups is 1. The third-order valence-corrected chi connectivity index (χ3v) is 3.54. The third kappa shape index (κ3) is 5.37. The van der Waals surface area contributed by atoms with E-state index in [1.807, 2.05) is 60.7 Å². The molecule has 0 unspecified atom stereocenters. The van der Waals surface area contributed by atoms with Crippen molar-refractivity contribution in [2.75, 3.05) is 27.4 Å². The zero-order valence-corrected chi connectivity index (χ0v) is 13.9. The highest BCUT2D eigenvalue weighted by molar-refractivity contribution is 5.60. The van der Waals surface area contributed by atoms with Crippen molar-refractivity contribution in [2.24, 2.45) is 0 Å². The van der Waals surface area contributed by atoms with Crippen molar-refractivity contribution < 1.29 is 23.7 Å². The maximum Gasteiger partial charge on any atom is 0.509 e. The van der Waals surface area contributed by atoms with E-state index in [1.165, 1.54) is 0 Å². The van der Waals surface area contributed by atoms with Gasteiger partial charge in [0.2, 0.25) is 0 Å². The monoisotopic (exact) mass is 330 g/mol. The smallest absolute Gasteiger partial charge is 0.431 e. The topological polar surface area (TPSA) is 54.0 Å². The van der Waals surface area contributed by atoms with Gasteiger partial charge in [0.1, 0.15) is 12.7 Å². The fraction of sp³-hybridized carbons (Fsp3) is 0.316. The predicted molar refractivity (Wildman–Crippen MR) is 89.7 cm³/mol. The molecule has 5 heteroatoms. The molecule has 0 spiro atoms. The minimum Gasteiger partial charge on any atom is -0.431 e. The number of methoxy groups -OCH3 is 2. The molecule has 2 aromatic rings. The van der Waals surface area contributed by atoms with Crippen molar-refractivity contribution in [3.8, 4) is 0 Å². The number of carbonyl (C=O) groups excluding carboxylic acids is 1. The Hall–Kier alpha value is -2.37. The van der Waals surface area contributed by atoms with Gasteiger partial charge in [-0.3, -0.25) is 0 Å². The first-order valence-electron chi connectivity index (χ1n) is 7.69. The van der Waals surface area contributed by atoms with Crippen LogP contribution in [-0.2, 0) is 18.9 Å². The van der Waals surface area contributed by atoms with Gasteiger partial charge in [0.05, 0.1) is 6.61 Å². The summed E-state index contributed by atoms with van der Waals surface area (Å²) in [6, 6.07) is 19.0. The lowest BCUT2D eigenvalue weighted by Crippen LogP contribution is -2.19. The fourth-order valence-electron chi connectivity index (χ4n) is 2.28. The molecule has 0 heterocycles. The number of hydrogen-bond donors (Lipinski definition) is 0. The van der Waals surface area contributed by atoms with Crippen molar-refractivity contribution in [1.29, 1.82) is 0 Å². The van der Waals surface area contributed by atoms with Crippen molar-refractivity contribution in [3.63, 3.8) is 0 Å². The molecular weight excluding hydrogens is 308 g/mol. The Bertz CT molecular complexity index is 600. The molecule has 0 N–H and O–H groups in total. The molecule has 5 nitrogen and oxygen atoms in total. The quantitative estimate of drug-likeness (QED) is 0.687. The third-order valence-electron chi connectivity index (χ3n) is 3.54. The number of benzene rings is 2. The van der Waals surface area contributed by atoms with Crippen molar-refractivity contribution in [2.45, 2.75) is 12.2 Å². The molecule has 0 saturated heterocycles. The van der Waals surface area contributed by atoms with E-state index in [4.69, 9.17) is 18.9 Å². The van der Waals surface area contributed by atoms with E-state index in [0.29, 0.717) is 0 Å². The van der Waals surface area contributed by atoms with Crippen LogP contribution in [0.2, 0.25) is 0 Å². The average Bonchev–Trinajstić information content (AvgIpc) is 2.63. The van der Waals surface area contributed by atoms with E-state index in [9.17, 15) is 4.79 Å². The first-order valence-corrected chi connectivity index (χ1v) is 7.69. The van der Waals surface area contributed by atoms with Crippen molar-refractivity contribution in [3.05, 3.63) is 71.8 Å². The van der Waals surface area contributed by atoms with Gasteiger partial charge in [-0.25, -0.2) is 4.79 Å². The van der Waals surface area contributed by atoms with E-state index < -0.39 is 12.3 Å². The molecule has 0 aliphatic carbocycles. The highest BCUT2D eigenvalue weighted by atomic mass is 16.7. The fourth-order valence-corrected chi connectivity index (χ4v) is 2.28. The molecule has 0 fully saturated rings. The standard InChI is InChI=1S/C19H22O5/c1-21-13-18(16-11-7-4-8-12-16)24-19(20)23-14-17(22-2)15-9-5-3-6-10-15/h3-12,17-18H,13-14H2,1-2H3/t17-,18-/m0/s1. The van der Waals surface area contributed by atoms with Gasteiger partial charge in [-0.2, -0.15) is 0 Å². The Morgan fingerprint density at radius 1 is 0.833 bits per heavy atom. The van der Waals surface area contributed by atoms with Gasteiger partial charge in [-0.15, -0.1) is 0 Å². The Labute approximate surface area is 142 Å². The van der Waals surface area contributed by atoms with E-state index in [1.54, 1.807) is 14.2 Å². The van der Waals surface area contributed by atoms with E-state index >= 15 is 0 Å². The molecule has 2 aromatic carbocycles. The van der Waals surface area contributed by atoms with E-state index in [-0.39, 0.29) is 19.3 Å². The zero-order chi connectivity index (χ0) is 17.2. The average molecular weight is 330 g/mol. The minimum absolute atomic E-state index is 0.0772. The molecule has 0 aliphatic heterocycles. The molecular formula is C19H22O5. The lowest BCUT2D eigenvalue weighted by molar-refractivity contribution is -0.0303. The van der Waals surface area contributed by atoms with E-state index in [2.05, 4.69) is 0 Å². The molecule has 0 bridgehead atoms. The van der Waals surface area contributed by atoms with Crippen LogP contribution in [0.5, 0.6) is 0 Å². The molecule has 0 aliphatic rings. The van der Waals surface area contributed by atoms with Crippen LogP contribution in [0.4, 0.5) is 4.79 Å². The molecule has 24 heavy (non-hydrogen) atoms. The molecule has 128 valence electrons. The molecule has 0 saturated carbocycles. The minimum atomic E-state index is -0.751. The molecule has 2 atom stereocenters. The first kappa shape index (κ1) is 18.0. The summed E-state index contributed by atoms with van der Waals surface area (Å²) in [5.74, 6) is 0. The highest BCUT2D eigenvalue weighted by Gasteiger charge is 2.19. The Kier molecular flexibility index (Phi) is 7.26. The second kappa shape index (κ2) is 9.70. The van der Waals surface area contributed by atoms with Gasteiger partial charge in [-0.05, 0) is 11.1 Å². The predicted octanol–water partition coefficient (Wildman–Crippen LogP) is 3.92. The van der Waals surface area contributed by atoms with Crippen LogP contribution in [0.1, 0.15) is 23.3 Å². The second-order valence-corrected chi connectivity index (χ2v) is 5.17. The van der Waals surface area contributed by atoms with Gasteiger partial charge >= 0.3 is 6.16 Å². The van der Waals surface area contributed by atoms with Crippen LogP contribution in [0, 0.1) is 0 Å². The van der Waals surface area contributed by atoms with Crippen LogP contribution in [0.3, 0.4) is 0 Å². The summed E-state index contributed by atoms with van der Waals surface area (Å²) in [5, 5.41) is 0. The van der Waals surface area contributed by atoms with Crippen molar-refractivity contribution >= 4 is 6.16 Å². The highest BCUT2D eigenvalue weighted by Crippen LogP contribution is 2.20. The second-order valence-electron chi connectivity index (χ2n) is 5.17. The lowest BCUT2D eigenvalue weighted by Gasteiger charge is -2.19. The normalized spacial score (nSPS) is 13.1. The SMILES string of the molecule is COC[C@H](OC(=O)OC[C@H](OC)c1ccccc1)c1ccccc1. The summed E-state index contributed by atoms with van der Waals surface area (Å²) < 4.78 is 21.1. The van der Waals surface area contributed by atoms with Gasteiger partial charge in [0.25, 0.3) is 0 Å². The molecule has 2 rings (SSSR count). The van der Waals surface area contributed by atoms with Crippen LogP contribution < -0.4 is 0 Å².